The monoisotopic (exact) mass is 395 g/mol. The predicted molar refractivity (Wildman–Crippen MR) is 118 cm³/mol. The first-order valence-electron chi connectivity index (χ1n) is 10.7. The van der Waals surface area contributed by atoms with Crippen LogP contribution in [0.25, 0.3) is 0 Å². The lowest BCUT2D eigenvalue weighted by atomic mass is 9.94. The highest BCUT2D eigenvalue weighted by molar-refractivity contribution is 5.56. The van der Waals surface area contributed by atoms with E-state index in [4.69, 9.17) is 4.74 Å². The number of benzene rings is 2. The van der Waals surface area contributed by atoms with Crippen LogP contribution in [0.5, 0.6) is 5.75 Å². The molecular weight excluding hydrogens is 362 g/mol. The number of rotatable bonds is 10. The minimum atomic E-state index is 0.155. The third-order valence-corrected chi connectivity index (χ3v) is 5.21. The van der Waals surface area contributed by atoms with E-state index in [9.17, 15) is 4.79 Å². The van der Waals surface area contributed by atoms with Gasteiger partial charge in [-0.2, -0.15) is 0 Å². The molecule has 0 saturated carbocycles. The van der Waals surface area contributed by atoms with Crippen LogP contribution in [0.3, 0.4) is 0 Å². The molecule has 0 aromatic heterocycles. The molecular formula is C24H33N3O2. The summed E-state index contributed by atoms with van der Waals surface area (Å²) in [6.45, 7) is 7.42. The van der Waals surface area contributed by atoms with Crippen LogP contribution in [0.15, 0.2) is 48.5 Å². The summed E-state index contributed by atoms with van der Waals surface area (Å²) < 4.78 is 5.85. The number of carbonyl (C=O) groups excluding carboxylic acids is 1. The predicted octanol–water partition coefficient (Wildman–Crippen LogP) is 4.36. The van der Waals surface area contributed by atoms with Gasteiger partial charge in [-0.15, -0.1) is 0 Å². The summed E-state index contributed by atoms with van der Waals surface area (Å²) in [5.41, 5.74) is 3.52. The molecule has 156 valence electrons. The van der Waals surface area contributed by atoms with Crippen LogP contribution in [-0.2, 0) is 11.3 Å². The van der Waals surface area contributed by atoms with E-state index in [0.29, 0.717) is 0 Å². The van der Waals surface area contributed by atoms with E-state index in [-0.39, 0.29) is 12.1 Å². The second-order valence-corrected chi connectivity index (χ2v) is 7.87. The van der Waals surface area contributed by atoms with Crippen LogP contribution in [0.2, 0.25) is 0 Å². The van der Waals surface area contributed by atoms with Gasteiger partial charge < -0.3 is 20.3 Å². The molecule has 0 aliphatic carbocycles. The van der Waals surface area contributed by atoms with Crippen molar-refractivity contribution in [2.45, 2.75) is 51.8 Å². The van der Waals surface area contributed by atoms with Gasteiger partial charge in [-0.1, -0.05) is 36.4 Å². The summed E-state index contributed by atoms with van der Waals surface area (Å²) >= 11 is 0. The minimum absolute atomic E-state index is 0.155. The fourth-order valence-corrected chi connectivity index (χ4v) is 3.84. The number of hydrogen-bond donors (Lipinski definition) is 2. The van der Waals surface area contributed by atoms with E-state index < -0.39 is 0 Å². The van der Waals surface area contributed by atoms with Gasteiger partial charge in [-0.05, 0) is 56.4 Å². The number of hydrogen-bond acceptors (Lipinski definition) is 4. The Kier molecular flexibility index (Phi) is 7.94. The molecule has 2 N–H and O–H groups in total. The highest BCUT2D eigenvalue weighted by Crippen LogP contribution is 2.30. The van der Waals surface area contributed by atoms with Gasteiger partial charge in [0.2, 0.25) is 6.41 Å². The van der Waals surface area contributed by atoms with Crippen molar-refractivity contribution in [1.82, 2.24) is 10.2 Å². The van der Waals surface area contributed by atoms with Gasteiger partial charge in [0.15, 0.2) is 0 Å². The normalized spacial score (nSPS) is 16.7. The Bertz CT molecular complexity index is 778. The Labute approximate surface area is 174 Å². The van der Waals surface area contributed by atoms with Crippen molar-refractivity contribution >= 4 is 12.1 Å². The second-order valence-electron chi connectivity index (χ2n) is 7.87. The van der Waals surface area contributed by atoms with Crippen molar-refractivity contribution in [2.24, 2.45) is 0 Å². The fourth-order valence-electron chi connectivity index (χ4n) is 3.84. The molecule has 29 heavy (non-hydrogen) atoms. The van der Waals surface area contributed by atoms with Crippen molar-refractivity contribution in [2.75, 3.05) is 25.0 Å². The molecule has 3 rings (SSSR count). The summed E-state index contributed by atoms with van der Waals surface area (Å²) in [4.78, 5) is 13.3. The standard InChI is InChI=1S/C24H33N3O2/c1-19(2)29-24-12-4-3-10-22(24)26-14-13-25-17-20-8-7-9-21(16-20)23-11-5-6-15-27(23)18-28/h3-4,7-10,12,16,18-19,23,25-26H,5-6,11,13-15,17H2,1-2H3. The van der Waals surface area contributed by atoms with Crippen LogP contribution >= 0.6 is 0 Å². The third kappa shape index (κ3) is 6.23. The molecule has 5 heteroatoms. The molecule has 1 unspecified atom stereocenters. The lowest BCUT2D eigenvalue weighted by Crippen LogP contribution is -2.32. The van der Waals surface area contributed by atoms with Crippen molar-refractivity contribution in [3.05, 3.63) is 59.7 Å². The highest BCUT2D eigenvalue weighted by Gasteiger charge is 2.22. The maximum atomic E-state index is 11.4. The number of carbonyl (C=O) groups is 1. The number of likely N-dealkylation sites (tertiary alicyclic amines) is 1. The first-order valence-corrected chi connectivity index (χ1v) is 10.7. The summed E-state index contributed by atoms with van der Waals surface area (Å²) in [6, 6.07) is 16.9. The summed E-state index contributed by atoms with van der Waals surface area (Å²) in [7, 11) is 0. The van der Waals surface area contributed by atoms with Gasteiger partial charge in [-0.3, -0.25) is 4.79 Å². The fraction of sp³-hybridized carbons (Fsp3) is 0.458. The Morgan fingerprint density at radius 2 is 2.00 bits per heavy atom. The lowest BCUT2D eigenvalue weighted by molar-refractivity contribution is -0.121. The molecule has 0 spiro atoms. The molecule has 0 bridgehead atoms. The average Bonchev–Trinajstić information content (AvgIpc) is 2.74. The van der Waals surface area contributed by atoms with E-state index >= 15 is 0 Å². The van der Waals surface area contributed by atoms with Crippen molar-refractivity contribution in [3.63, 3.8) is 0 Å². The first kappa shape index (κ1) is 21.2. The number of ether oxygens (including phenoxy) is 1. The zero-order chi connectivity index (χ0) is 20.5. The Balaban J connectivity index is 1.47. The Morgan fingerprint density at radius 1 is 1.14 bits per heavy atom. The van der Waals surface area contributed by atoms with Gasteiger partial charge in [0, 0.05) is 26.2 Å². The van der Waals surface area contributed by atoms with Gasteiger partial charge in [-0.25, -0.2) is 0 Å². The molecule has 2 aromatic rings. The van der Waals surface area contributed by atoms with E-state index in [1.807, 2.05) is 43.0 Å². The van der Waals surface area contributed by atoms with Crippen LogP contribution in [-0.4, -0.2) is 37.0 Å². The molecule has 1 fully saturated rings. The van der Waals surface area contributed by atoms with Gasteiger partial charge >= 0.3 is 0 Å². The van der Waals surface area contributed by atoms with Crippen molar-refractivity contribution in [1.29, 1.82) is 0 Å². The highest BCUT2D eigenvalue weighted by atomic mass is 16.5. The molecule has 0 radical (unpaired) electrons. The molecule has 2 aromatic carbocycles. The number of anilines is 1. The van der Waals surface area contributed by atoms with Crippen molar-refractivity contribution in [3.8, 4) is 5.75 Å². The van der Waals surface area contributed by atoms with E-state index in [2.05, 4.69) is 34.9 Å². The summed E-state index contributed by atoms with van der Waals surface area (Å²) in [5.74, 6) is 0.891. The van der Waals surface area contributed by atoms with E-state index in [0.717, 1.165) is 56.9 Å². The van der Waals surface area contributed by atoms with E-state index in [1.165, 1.54) is 17.5 Å². The smallest absolute Gasteiger partial charge is 0.210 e. The number of para-hydroxylation sites is 2. The maximum Gasteiger partial charge on any atom is 0.210 e. The Hall–Kier alpha value is -2.53. The van der Waals surface area contributed by atoms with Crippen LogP contribution in [0.4, 0.5) is 5.69 Å². The molecule has 5 nitrogen and oxygen atoms in total. The molecule has 1 heterocycles. The van der Waals surface area contributed by atoms with Crippen LogP contribution < -0.4 is 15.4 Å². The zero-order valence-electron chi connectivity index (χ0n) is 17.6. The SMILES string of the molecule is CC(C)Oc1ccccc1NCCNCc1cccc(C2CCCCN2C=O)c1. The quantitative estimate of drug-likeness (QED) is 0.464. The van der Waals surface area contributed by atoms with Crippen LogP contribution in [0, 0.1) is 0 Å². The molecule has 1 aliphatic rings. The van der Waals surface area contributed by atoms with Crippen LogP contribution in [0.1, 0.15) is 50.3 Å². The lowest BCUT2D eigenvalue weighted by Gasteiger charge is -2.33. The largest absolute Gasteiger partial charge is 0.489 e. The number of amides is 1. The van der Waals surface area contributed by atoms with Gasteiger partial charge in [0.25, 0.3) is 0 Å². The maximum absolute atomic E-state index is 11.4. The number of piperidine rings is 1. The summed E-state index contributed by atoms with van der Waals surface area (Å²) in [5, 5.41) is 6.95. The second kappa shape index (κ2) is 10.9. The van der Waals surface area contributed by atoms with Gasteiger partial charge in [0.1, 0.15) is 5.75 Å². The molecule has 1 aliphatic heterocycles. The summed E-state index contributed by atoms with van der Waals surface area (Å²) in [6.07, 6.45) is 4.50. The number of nitrogens with one attached hydrogen (secondary N) is 2. The third-order valence-electron chi connectivity index (χ3n) is 5.21. The Morgan fingerprint density at radius 3 is 2.83 bits per heavy atom. The zero-order valence-corrected chi connectivity index (χ0v) is 17.6. The first-order chi connectivity index (χ1) is 14.2. The molecule has 1 saturated heterocycles. The average molecular weight is 396 g/mol. The van der Waals surface area contributed by atoms with Crippen molar-refractivity contribution < 1.29 is 9.53 Å². The minimum Gasteiger partial charge on any atom is -0.489 e. The van der Waals surface area contributed by atoms with E-state index in [1.54, 1.807) is 0 Å². The topological polar surface area (TPSA) is 53.6 Å². The van der Waals surface area contributed by atoms with Gasteiger partial charge in [0.05, 0.1) is 17.8 Å². The number of nitrogens with zero attached hydrogens (tertiary/aromatic N) is 1. The molecule has 1 amide bonds. The molecule has 1 atom stereocenters.